The van der Waals surface area contributed by atoms with Gasteiger partial charge in [0.1, 0.15) is 0 Å². The van der Waals surface area contributed by atoms with E-state index in [4.69, 9.17) is 0 Å². The summed E-state index contributed by atoms with van der Waals surface area (Å²) in [6, 6.07) is 3.38. The number of nitrogens with one attached hydrogen (secondary N) is 1. The lowest BCUT2D eigenvalue weighted by molar-refractivity contribution is -0.135. The Kier molecular flexibility index (Phi) is 4.74. The van der Waals surface area contributed by atoms with Gasteiger partial charge in [0.15, 0.2) is 0 Å². The quantitative estimate of drug-likeness (QED) is 0.848. The average molecular weight is 344 g/mol. The number of nitrogens with zero attached hydrogens (tertiary/aromatic N) is 3. The Labute approximate surface area is 147 Å². The number of hydrogen-bond acceptors (Lipinski definition) is 4. The molecule has 2 saturated heterocycles. The standard InChI is InChI=1S/C18H24N4O3/c1-13(2)16(24)21-7-8-22(17(25)14-3-5-19-6-4-14)12-18(11-21)9-15(23)20-10-18/h3-6,13H,7-12H2,1-2H3,(H,20,23)/t18-/m1/s1. The molecule has 134 valence electrons. The normalized spacial score (nSPS) is 23.7. The first kappa shape index (κ1) is 17.4. The van der Waals surface area contributed by atoms with Gasteiger partial charge in [-0.25, -0.2) is 0 Å². The first-order valence-corrected chi connectivity index (χ1v) is 8.65. The van der Waals surface area contributed by atoms with Crippen LogP contribution in [0.4, 0.5) is 0 Å². The summed E-state index contributed by atoms with van der Waals surface area (Å²) in [7, 11) is 0. The van der Waals surface area contributed by atoms with Crippen molar-refractivity contribution in [2.45, 2.75) is 20.3 Å². The predicted molar refractivity (Wildman–Crippen MR) is 91.6 cm³/mol. The van der Waals surface area contributed by atoms with Gasteiger partial charge in [-0.1, -0.05) is 13.8 Å². The van der Waals surface area contributed by atoms with E-state index in [1.54, 1.807) is 29.4 Å². The number of hydrogen-bond donors (Lipinski definition) is 1. The maximum Gasteiger partial charge on any atom is 0.254 e. The number of rotatable bonds is 2. The van der Waals surface area contributed by atoms with Gasteiger partial charge < -0.3 is 15.1 Å². The molecule has 3 heterocycles. The van der Waals surface area contributed by atoms with Gasteiger partial charge in [0.25, 0.3) is 5.91 Å². The molecule has 2 aliphatic rings. The summed E-state index contributed by atoms with van der Waals surface area (Å²) in [5.74, 6) is -0.142. The van der Waals surface area contributed by atoms with Crippen molar-refractivity contribution in [3.63, 3.8) is 0 Å². The van der Waals surface area contributed by atoms with Gasteiger partial charge in [-0.05, 0) is 12.1 Å². The summed E-state index contributed by atoms with van der Waals surface area (Å²) in [5.41, 5.74) is 0.159. The molecule has 2 fully saturated rings. The van der Waals surface area contributed by atoms with Gasteiger partial charge in [0.2, 0.25) is 11.8 Å². The molecule has 0 unspecified atom stereocenters. The topological polar surface area (TPSA) is 82.6 Å². The molecule has 1 aromatic rings. The first-order chi connectivity index (χ1) is 11.9. The van der Waals surface area contributed by atoms with Crippen LogP contribution >= 0.6 is 0 Å². The van der Waals surface area contributed by atoms with Crippen molar-refractivity contribution in [2.75, 3.05) is 32.7 Å². The zero-order valence-corrected chi connectivity index (χ0v) is 14.7. The Hall–Kier alpha value is -2.44. The summed E-state index contributed by atoms with van der Waals surface area (Å²) in [6.07, 6.45) is 3.53. The molecule has 3 amide bonds. The molecule has 25 heavy (non-hydrogen) atoms. The summed E-state index contributed by atoms with van der Waals surface area (Å²) in [5, 5.41) is 2.87. The van der Waals surface area contributed by atoms with Gasteiger partial charge in [-0.15, -0.1) is 0 Å². The Morgan fingerprint density at radius 1 is 1.16 bits per heavy atom. The minimum atomic E-state index is -0.416. The largest absolute Gasteiger partial charge is 0.355 e. The molecular formula is C18H24N4O3. The van der Waals surface area contributed by atoms with E-state index in [0.29, 0.717) is 44.7 Å². The molecule has 3 rings (SSSR count). The minimum absolute atomic E-state index is 0.0184. The summed E-state index contributed by atoms with van der Waals surface area (Å²) < 4.78 is 0. The number of carbonyl (C=O) groups is 3. The van der Waals surface area contributed by atoms with Crippen LogP contribution in [-0.2, 0) is 9.59 Å². The van der Waals surface area contributed by atoms with Crippen LogP contribution in [0, 0.1) is 11.3 Å². The molecule has 1 spiro atoms. The van der Waals surface area contributed by atoms with E-state index >= 15 is 0 Å². The number of carbonyl (C=O) groups excluding carboxylic acids is 3. The molecule has 0 aliphatic carbocycles. The zero-order valence-electron chi connectivity index (χ0n) is 14.7. The number of amides is 3. The van der Waals surface area contributed by atoms with Crippen LogP contribution < -0.4 is 5.32 Å². The lowest BCUT2D eigenvalue weighted by Crippen LogP contribution is -2.45. The third kappa shape index (κ3) is 3.65. The molecule has 0 bridgehead atoms. The fraction of sp³-hybridized carbons (Fsp3) is 0.556. The molecule has 0 radical (unpaired) electrons. The molecule has 7 heteroatoms. The highest BCUT2D eigenvalue weighted by Gasteiger charge is 2.45. The Morgan fingerprint density at radius 2 is 1.80 bits per heavy atom. The predicted octanol–water partition coefficient (Wildman–Crippen LogP) is 0.528. The maximum atomic E-state index is 12.9. The van der Waals surface area contributed by atoms with E-state index in [0.717, 1.165) is 0 Å². The summed E-state index contributed by atoms with van der Waals surface area (Å²) in [4.78, 5) is 44.8. The Morgan fingerprint density at radius 3 is 2.40 bits per heavy atom. The second-order valence-electron chi connectivity index (χ2n) is 7.33. The molecule has 1 aromatic heterocycles. The van der Waals surface area contributed by atoms with Crippen molar-refractivity contribution in [2.24, 2.45) is 11.3 Å². The highest BCUT2D eigenvalue weighted by Crippen LogP contribution is 2.31. The van der Waals surface area contributed by atoms with Crippen LogP contribution in [0.15, 0.2) is 24.5 Å². The second-order valence-corrected chi connectivity index (χ2v) is 7.33. The Balaban J connectivity index is 1.86. The van der Waals surface area contributed by atoms with Crippen molar-refractivity contribution in [1.29, 1.82) is 0 Å². The summed E-state index contributed by atoms with van der Waals surface area (Å²) in [6.45, 7) is 6.17. The van der Waals surface area contributed by atoms with Gasteiger partial charge in [-0.3, -0.25) is 19.4 Å². The third-order valence-corrected chi connectivity index (χ3v) is 4.91. The molecule has 1 N–H and O–H groups in total. The molecule has 0 aromatic carbocycles. The average Bonchev–Trinajstić information content (AvgIpc) is 2.86. The van der Waals surface area contributed by atoms with Crippen molar-refractivity contribution in [1.82, 2.24) is 20.1 Å². The fourth-order valence-corrected chi connectivity index (χ4v) is 3.64. The van der Waals surface area contributed by atoms with Gasteiger partial charge in [0, 0.05) is 68.4 Å². The SMILES string of the molecule is CC(C)C(=O)N1CCN(C(=O)c2ccncc2)C[C@]2(CNC(=O)C2)C1. The fourth-order valence-electron chi connectivity index (χ4n) is 3.64. The van der Waals surface area contributed by atoms with Gasteiger partial charge in [-0.2, -0.15) is 0 Å². The van der Waals surface area contributed by atoms with E-state index in [-0.39, 0.29) is 23.6 Å². The van der Waals surface area contributed by atoms with E-state index < -0.39 is 5.41 Å². The third-order valence-electron chi connectivity index (χ3n) is 4.91. The van der Waals surface area contributed by atoms with Gasteiger partial charge in [0.05, 0.1) is 0 Å². The number of aromatic nitrogens is 1. The van der Waals surface area contributed by atoms with Crippen LogP contribution in [0.5, 0.6) is 0 Å². The molecule has 7 nitrogen and oxygen atoms in total. The van der Waals surface area contributed by atoms with Crippen molar-refractivity contribution in [3.8, 4) is 0 Å². The maximum absolute atomic E-state index is 12.9. The molecule has 2 aliphatic heterocycles. The minimum Gasteiger partial charge on any atom is -0.355 e. The number of pyridine rings is 1. The Bertz CT molecular complexity index is 676. The van der Waals surface area contributed by atoms with Crippen LogP contribution in [0.2, 0.25) is 0 Å². The smallest absolute Gasteiger partial charge is 0.254 e. The highest BCUT2D eigenvalue weighted by molar-refractivity contribution is 5.94. The van der Waals surface area contributed by atoms with Crippen LogP contribution in [0.1, 0.15) is 30.6 Å². The van der Waals surface area contributed by atoms with Crippen LogP contribution in [0.25, 0.3) is 0 Å². The van der Waals surface area contributed by atoms with Crippen LogP contribution in [0.3, 0.4) is 0 Å². The van der Waals surface area contributed by atoms with Crippen LogP contribution in [-0.4, -0.2) is 65.2 Å². The lowest BCUT2D eigenvalue weighted by Gasteiger charge is -2.33. The van der Waals surface area contributed by atoms with E-state index in [9.17, 15) is 14.4 Å². The molecular weight excluding hydrogens is 320 g/mol. The van der Waals surface area contributed by atoms with Crippen molar-refractivity contribution < 1.29 is 14.4 Å². The highest BCUT2D eigenvalue weighted by atomic mass is 16.2. The van der Waals surface area contributed by atoms with E-state index in [1.165, 1.54) is 0 Å². The van der Waals surface area contributed by atoms with E-state index in [1.807, 2.05) is 18.7 Å². The van der Waals surface area contributed by atoms with E-state index in [2.05, 4.69) is 10.3 Å². The molecule has 1 atom stereocenters. The second kappa shape index (κ2) is 6.82. The first-order valence-electron chi connectivity index (χ1n) is 8.65. The summed E-state index contributed by atoms with van der Waals surface area (Å²) >= 11 is 0. The molecule has 0 saturated carbocycles. The monoisotopic (exact) mass is 344 g/mol. The van der Waals surface area contributed by atoms with Crippen molar-refractivity contribution in [3.05, 3.63) is 30.1 Å². The lowest BCUT2D eigenvalue weighted by atomic mass is 9.85. The van der Waals surface area contributed by atoms with Gasteiger partial charge >= 0.3 is 0 Å². The van der Waals surface area contributed by atoms with Crippen molar-refractivity contribution >= 4 is 17.7 Å². The zero-order chi connectivity index (χ0) is 18.0.